The fraction of sp³-hybridized carbons (Fsp3) is 0.432. The van der Waals surface area contributed by atoms with Gasteiger partial charge in [-0.05, 0) is 83.3 Å². The third-order valence-corrected chi connectivity index (χ3v) is 12.4. The second-order valence-corrected chi connectivity index (χ2v) is 16.0. The van der Waals surface area contributed by atoms with E-state index in [0.717, 1.165) is 76.9 Å². The van der Waals surface area contributed by atoms with Gasteiger partial charge < -0.3 is 20.3 Å². The van der Waals surface area contributed by atoms with Crippen LogP contribution in [0.1, 0.15) is 75.5 Å². The molecule has 4 heterocycles. The van der Waals surface area contributed by atoms with Crippen LogP contribution in [-0.4, -0.2) is 69.9 Å². The number of aliphatic imine (C=N–C) groups is 2. The quantitative estimate of drug-likeness (QED) is 0.220. The van der Waals surface area contributed by atoms with Gasteiger partial charge in [0.15, 0.2) is 0 Å². The van der Waals surface area contributed by atoms with Crippen molar-refractivity contribution in [1.29, 1.82) is 0 Å². The van der Waals surface area contributed by atoms with Gasteiger partial charge in [0.05, 0.1) is 13.2 Å². The van der Waals surface area contributed by atoms with Crippen LogP contribution >= 0.6 is 0 Å². The number of aromatic nitrogens is 2. The summed E-state index contributed by atoms with van der Waals surface area (Å²) in [7, 11) is 1.31. The van der Waals surface area contributed by atoms with Crippen molar-refractivity contribution in [2.24, 2.45) is 39.6 Å². The molecule has 11 nitrogen and oxygen atoms in total. The van der Waals surface area contributed by atoms with Crippen LogP contribution in [0.15, 0.2) is 89.6 Å². The number of rotatable bonds is 11. The molecule has 0 spiro atoms. The molecule has 2 N–H and O–H groups in total. The highest BCUT2D eigenvalue weighted by atomic mass is 16.5. The van der Waals surface area contributed by atoms with E-state index >= 15 is 0 Å². The molecule has 55 heavy (non-hydrogen) atoms. The highest BCUT2D eigenvalue weighted by molar-refractivity contribution is 6.04. The van der Waals surface area contributed by atoms with Crippen LogP contribution in [0.25, 0.3) is 22.3 Å². The predicted octanol–water partition coefficient (Wildman–Crippen LogP) is 6.87. The van der Waals surface area contributed by atoms with Crippen LogP contribution in [0.4, 0.5) is 4.79 Å². The van der Waals surface area contributed by atoms with Crippen molar-refractivity contribution >= 4 is 40.5 Å². The highest BCUT2D eigenvalue weighted by Crippen LogP contribution is 2.54. The van der Waals surface area contributed by atoms with E-state index in [9.17, 15) is 14.4 Å². The minimum atomic E-state index is -0.647. The van der Waals surface area contributed by atoms with Crippen molar-refractivity contribution in [2.75, 3.05) is 13.7 Å². The van der Waals surface area contributed by atoms with Crippen LogP contribution in [0, 0.1) is 29.6 Å². The van der Waals surface area contributed by atoms with Crippen molar-refractivity contribution in [3.05, 3.63) is 96.3 Å². The smallest absolute Gasteiger partial charge is 0.407 e. The maximum absolute atomic E-state index is 13.6. The number of allylic oxidation sites excluding steroid dienone is 2. The molecule has 8 rings (SSSR count). The molecule has 11 heteroatoms. The molecule has 2 unspecified atom stereocenters. The zero-order valence-corrected chi connectivity index (χ0v) is 31.8. The summed E-state index contributed by atoms with van der Waals surface area (Å²) >= 11 is 0. The Labute approximate surface area is 322 Å². The first-order valence-electron chi connectivity index (χ1n) is 19.7. The summed E-state index contributed by atoms with van der Waals surface area (Å²) in [4.78, 5) is 58.8. The van der Waals surface area contributed by atoms with E-state index in [1.807, 2.05) is 31.1 Å². The first-order valence-corrected chi connectivity index (χ1v) is 19.7. The van der Waals surface area contributed by atoms with E-state index in [-0.39, 0.29) is 35.6 Å². The number of nitrogens with one attached hydrogen (secondary N) is 2. The number of benzene rings is 2. The average Bonchev–Trinajstić information content (AvgIpc) is 4.07. The van der Waals surface area contributed by atoms with Gasteiger partial charge in [-0.25, -0.2) is 14.8 Å². The summed E-state index contributed by atoms with van der Waals surface area (Å²) in [5.41, 5.74) is 9.94. The van der Waals surface area contributed by atoms with Gasteiger partial charge in [-0.1, -0.05) is 62.4 Å². The topological polar surface area (TPSA) is 138 Å². The molecule has 284 valence electrons. The lowest BCUT2D eigenvalue weighted by atomic mass is 9.75. The molecule has 1 aromatic heterocycles. The average molecular weight is 740 g/mol. The van der Waals surface area contributed by atoms with Gasteiger partial charge in [-0.3, -0.25) is 19.6 Å². The lowest BCUT2D eigenvalue weighted by molar-refractivity contribution is -0.134. The predicted molar refractivity (Wildman–Crippen MR) is 213 cm³/mol. The van der Waals surface area contributed by atoms with Crippen LogP contribution in [-0.2, 0) is 20.9 Å². The maximum atomic E-state index is 13.6. The molecule has 5 aliphatic rings. The Morgan fingerprint density at radius 2 is 1.42 bits per heavy atom. The minimum absolute atomic E-state index is 0.0284. The molecule has 2 aromatic carbocycles. The molecule has 1 saturated heterocycles. The number of likely N-dealkylation sites (tertiary alicyclic amines) is 1. The minimum Gasteiger partial charge on any atom is -0.453 e. The van der Waals surface area contributed by atoms with E-state index in [2.05, 4.69) is 69.1 Å². The van der Waals surface area contributed by atoms with Crippen molar-refractivity contribution in [1.82, 2.24) is 25.5 Å². The van der Waals surface area contributed by atoms with E-state index in [1.54, 1.807) is 12.4 Å². The Kier molecular flexibility index (Phi) is 10.4. The van der Waals surface area contributed by atoms with Gasteiger partial charge in [0.2, 0.25) is 11.8 Å². The molecule has 3 aromatic rings. The number of nitrogens with zero attached hydrogens (tertiary/aromatic N) is 5. The lowest BCUT2D eigenvalue weighted by Crippen LogP contribution is -2.53. The number of hydrogen-bond acceptors (Lipinski definition) is 8. The molecule has 3 aliphatic heterocycles. The monoisotopic (exact) mass is 739 g/mol. The summed E-state index contributed by atoms with van der Waals surface area (Å²) in [5, 5.41) is 5.89. The second-order valence-electron chi connectivity index (χ2n) is 16.0. The molecule has 0 radical (unpaired) electrons. The number of hydrogen-bond donors (Lipinski definition) is 2. The highest BCUT2D eigenvalue weighted by Gasteiger charge is 2.52. The Bertz CT molecular complexity index is 2060. The van der Waals surface area contributed by atoms with E-state index < -0.39 is 12.1 Å². The Morgan fingerprint density at radius 3 is 2.05 bits per heavy atom. The van der Waals surface area contributed by atoms with Crippen molar-refractivity contribution in [3.8, 4) is 11.1 Å². The Hall–Kier alpha value is -5.45. The zero-order valence-electron chi connectivity index (χ0n) is 31.8. The number of fused-ring (bicyclic) bond motifs is 2. The van der Waals surface area contributed by atoms with Crippen LogP contribution in [0.2, 0.25) is 0 Å². The van der Waals surface area contributed by atoms with Crippen LogP contribution < -0.4 is 10.6 Å². The van der Waals surface area contributed by atoms with Crippen molar-refractivity contribution in [2.45, 2.75) is 77.4 Å². The fourth-order valence-electron chi connectivity index (χ4n) is 9.54. The summed E-state index contributed by atoms with van der Waals surface area (Å²) in [6.45, 7) is 4.95. The van der Waals surface area contributed by atoms with Gasteiger partial charge in [-0.15, -0.1) is 0 Å². The van der Waals surface area contributed by atoms with Gasteiger partial charge in [-0.2, -0.15) is 0 Å². The largest absolute Gasteiger partial charge is 0.453 e. The molecule has 2 saturated carbocycles. The van der Waals surface area contributed by atoms with Crippen LogP contribution in [0.3, 0.4) is 0 Å². The molecule has 3 fully saturated rings. The Balaban J connectivity index is 0.863. The molecular weight excluding hydrogens is 691 g/mol. The molecule has 3 amide bonds. The number of carbonyl (C=O) groups is 3. The number of carbonyl (C=O) groups excluding carboxylic acids is 3. The van der Waals surface area contributed by atoms with Crippen LogP contribution in [0.5, 0.6) is 0 Å². The Morgan fingerprint density at radius 1 is 0.818 bits per heavy atom. The second kappa shape index (κ2) is 15.7. The number of ether oxygens (including phenoxy) is 1. The fourth-order valence-corrected chi connectivity index (χ4v) is 9.54. The first-order chi connectivity index (χ1) is 26.8. The van der Waals surface area contributed by atoms with E-state index in [4.69, 9.17) is 14.7 Å². The number of methoxy groups -OCH3 is 1. The molecular formula is C44H49N7O4. The third-order valence-electron chi connectivity index (χ3n) is 12.4. The van der Waals surface area contributed by atoms with Gasteiger partial charge in [0, 0.05) is 79.5 Å². The van der Waals surface area contributed by atoms with Gasteiger partial charge in [0.1, 0.15) is 12.4 Å². The standard InChI is InChI=1S/C44H49N7O4/c1-26(2)41(50-44(54)55-3)43(53)51-16-4-5-38(51)36-18-34(23-47-36)30-10-6-28(7-11-30)29-8-12-31(13-9-29)35-19-37(48-24-35)39-32-14-15-33(17-32)40(39)42(52)49-22-27-20-45-25-46-21-27/h6-13,20-21,23-26,32-33,38-41H,4-5,14-19,22H2,1-3H3,(H,49,52)(H,50,54)/t32?,33?,38-,39+,40-,41-/m0/s1. The SMILES string of the molecule is COC(=O)N[C@H](C(=O)N1CCC[C@H]1C1=NC=C(c2ccc(-c3ccc(C4=CN=C([C@H]5C6CCC(C6)[C@@H]5C(=O)NCc5cncnc5)C4)cc3)cc2)C1)C(C)C. The maximum Gasteiger partial charge on any atom is 0.407 e. The summed E-state index contributed by atoms with van der Waals surface area (Å²) < 4.78 is 4.78. The van der Waals surface area contributed by atoms with E-state index in [1.165, 1.54) is 25.4 Å². The molecule has 6 atom stereocenters. The summed E-state index contributed by atoms with van der Waals surface area (Å²) in [6.07, 6.45) is 15.0. The van der Waals surface area contributed by atoms with Gasteiger partial charge >= 0.3 is 6.09 Å². The molecule has 2 bridgehead atoms. The third kappa shape index (κ3) is 7.49. The summed E-state index contributed by atoms with van der Waals surface area (Å²) in [5.74, 6) is 1.09. The van der Waals surface area contributed by atoms with Crippen molar-refractivity contribution in [3.63, 3.8) is 0 Å². The normalized spacial score (nSPS) is 24.7. The first kappa shape index (κ1) is 36.5. The molecule has 2 aliphatic carbocycles. The van der Waals surface area contributed by atoms with Gasteiger partial charge in [0.25, 0.3) is 0 Å². The zero-order chi connectivity index (χ0) is 38.1. The summed E-state index contributed by atoms with van der Waals surface area (Å²) in [6, 6.07) is 16.6. The van der Waals surface area contributed by atoms with Crippen molar-refractivity contribution < 1.29 is 19.1 Å². The number of alkyl carbamates (subject to hydrolysis) is 1. The lowest BCUT2D eigenvalue weighted by Gasteiger charge is -2.31. The number of amides is 3. The van der Waals surface area contributed by atoms with E-state index in [0.29, 0.717) is 31.3 Å².